The number of hydrogen-bond donors (Lipinski definition) is 1. The van der Waals surface area contributed by atoms with Gasteiger partial charge in [0, 0.05) is 10.6 Å². The molecule has 0 bridgehead atoms. The molecule has 0 heterocycles. The fourth-order valence-electron chi connectivity index (χ4n) is 2.10. The summed E-state index contributed by atoms with van der Waals surface area (Å²) in [5.74, 6) is -0.305. The van der Waals surface area contributed by atoms with E-state index in [4.69, 9.17) is 11.6 Å². The molecule has 0 amide bonds. The highest BCUT2D eigenvalue weighted by atomic mass is 35.5. The quantitative estimate of drug-likeness (QED) is 0.665. The number of carbonyl (C=O) groups excluding carboxylic acids is 2. The maximum Gasteiger partial charge on any atom is 0.173 e. The molecule has 2 aliphatic rings. The first-order chi connectivity index (χ1) is 9.15. The number of anilines is 1. The van der Waals surface area contributed by atoms with Gasteiger partial charge in [-0.1, -0.05) is 17.7 Å². The van der Waals surface area contributed by atoms with Crippen molar-refractivity contribution in [3.63, 3.8) is 0 Å². The van der Waals surface area contributed by atoms with E-state index in [2.05, 4.69) is 10.5 Å². The van der Waals surface area contributed by atoms with Crippen molar-refractivity contribution in [1.82, 2.24) is 0 Å². The Balaban J connectivity index is 1.86. The molecule has 4 nitrogen and oxygen atoms in total. The van der Waals surface area contributed by atoms with Gasteiger partial charge in [0.25, 0.3) is 0 Å². The van der Waals surface area contributed by atoms with Crippen molar-refractivity contribution in [2.24, 2.45) is 5.10 Å². The third-order valence-electron chi connectivity index (χ3n) is 2.96. The van der Waals surface area contributed by atoms with Crippen LogP contribution in [0.15, 0.2) is 52.7 Å². The number of hydrogen-bond acceptors (Lipinski definition) is 4. The van der Waals surface area contributed by atoms with E-state index >= 15 is 0 Å². The molecule has 0 saturated carbocycles. The van der Waals surface area contributed by atoms with Gasteiger partial charge in [0.05, 0.1) is 23.4 Å². The summed E-state index contributed by atoms with van der Waals surface area (Å²) in [5.41, 5.74) is 4.93. The number of nitrogens with zero attached hydrogens (tertiary/aromatic N) is 1. The fraction of sp³-hybridized carbons (Fsp3) is 0.0714. The highest BCUT2D eigenvalue weighted by Crippen LogP contribution is 2.27. The average molecular weight is 273 g/mol. The smallest absolute Gasteiger partial charge is 0.173 e. The Labute approximate surface area is 114 Å². The van der Waals surface area contributed by atoms with Crippen LogP contribution in [0.4, 0.5) is 5.69 Å². The summed E-state index contributed by atoms with van der Waals surface area (Å²) >= 11 is 5.86. The number of benzene rings is 1. The Bertz CT molecular complexity index is 686. The highest BCUT2D eigenvalue weighted by molar-refractivity contribution is 6.40. The molecule has 1 N–H and O–H groups in total. The van der Waals surface area contributed by atoms with Gasteiger partial charge >= 0.3 is 0 Å². The molecular formula is C14H9ClN2O2. The fourth-order valence-corrected chi connectivity index (χ4v) is 2.29. The third kappa shape index (κ3) is 2.11. The molecule has 0 aromatic heterocycles. The van der Waals surface area contributed by atoms with Crippen LogP contribution in [0, 0.1) is 0 Å². The van der Waals surface area contributed by atoms with Crippen molar-refractivity contribution < 1.29 is 9.59 Å². The van der Waals surface area contributed by atoms with E-state index in [9.17, 15) is 9.59 Å². The van der Waals surface area contributed by atoms with Crippen LogP contribution in [0.1, 0.15) is 6.42 Å². The van der Waals surface area contributed by atoms with Gasteiger partial charge in [-0.25, -0.2) is 0 Å². The molecule has 0 unspecified atom stereocenters. The zero-order valence-corrected chi connectivity index (χ0v) is 10.6. The first-order valence-electron chi connectivity index (χ1n) is 5.73. The minimum absolute atomic E-state index is 0.0504. The molecule has 0 aliphatic heterocycles. The predicted octanol–water partition coefficient (Wildman–Crippen LogP) is 2.52. The summed E-state index contributed by atoms with van der Waals surface area (Å²) in [6, 6.07) is 7.09. The van der Waals surface area contributed by atoms with E-state index in [1.807, 2.05) is 6.07 Å². The lowest BCUT2D eigenvalue weighted by Gasteiger charge is -2.03. The Hall–Kier alpha value is -2.20. The Morgan fingerprint density at radius 3 is 2.79 bits per heavy atom. The van der Waals surface area contributed by atoms with Crippen molar-refractivity contribution >= 4 is 34.6 Å². The van der Waals surface area contributed by atoms with Crippen LogP contribution in [0.25, 0.3) is 0 Å². The molecule has 1 aromatic rings. The van der Waals surface area contributed by atoms with E-state index in [0.29, 0.717) is 21.9 Å². The van der Waals surface area contributed by atoms with Crippen LogP contribution in [-0.2, 0) is 9.59 Å². The number of ketones is 2. The number of hydrazone groups is 1. The van der Waals surface area contributed by atoms with Gasteiger partial charge in [-0.05, 0) is 30.4 Å². The summed E-state index contributed by atoms with van der Waals surface area (Å²) in [5, 5.41) is 4.75. The summed E-state index contributed by atoms with van der Waals surface area (Å²) < 4.78 is 0. The summed E-state index contributed by atoms with van der Waals surface area (Å²) in [6.45, 7) is 0. The zero-order chi connectivity index (χ0) is 13.4. The Kier molecular flexibility index (Phi) is 2.80. The monoisotopic (exact) mass is 272 g/mol. The van der Waals surface area contributed by atoms with Crippen LogP contribution < -0.4 is 5.43 Å². The third-order valence-corrected chi connectivity index (χ3v) is 3.20. The van der Waals surface area contributed by atoms with Gasteiger partial charge in [0.2, 0.25) is 0 Å². The summed E-state index contributed by atoms with van der Waals surface area (Å²) in [7, 11) is 0. The SMILES string of the molecule is O=C1CC(=O)C2=C1C=C/C2=N/Nc1cccc(Cl)c1. The summed E-state index contributed by atoms with van der Waals surface area (Å²) in [4.78, 5) is 23.2. The van der Waals surface area contributed by atoms with E-state index in [1.165, 1.54) is 0 Å². The first kappa shape index (κ1) is 11.9. The highest BCUT2D eigenvalue weighted by Gasteiger charge is 2.34. The second kappa shape index (κ2) is 4.48. The van der Waals surface area contributed by atoms with E-state index < -0.39 is 0 Å². The molecule has 94 valence electrons. The maximum absolute atomic E-state index is 11.7. The largest absolute Gasteiger partial charge is 0.294 e. The van der Waals surface area contributed by atoms with Crippen LogP contribution in [0.5, 0.6) is 0 Å². The number of nitrogens with one attached hydrogen (secondary N) is 1. The minimum atomic E-state index is -0.170. The lowest BCUT2D eigenvalue weighted by molar-refractivity contribution is -0.120. The van der Waals surface area contributed by atoms with Crippen LogP contribution >= 0.6 is 11.6 Å². The van der Waals surface area contributed by atoms with Crippen LogP contribution in [-0.4, -0.2) is 17.3 Å². The molecule has 5 heteroatoms. The lowest BCUT2D eigenvalue weighted by atomic mass is 10.1. The van der Waals surface area contributed by atoms with Gasteiger partial charge in [-0.2, -0.15) is 5.10 Å². The van der Waals surface area contributed by atoms with Gasteiger partial charge < -0.3 is 0 Å². The molecule has 2 aliphatic carbocycles. The van der Waals surface area contributed by atoms with Gasteiger partial charge in [-0.15, -0.1) is 0 Å². The second-order valence-corrected chi connectivity index (χ2v) is 4.70. The maximum atomic E-state index is 11.7. The number of halogens is 1. The topological polar surface area (TPSA) is 58.5 Å². The van der Waals surface area contributed by atoms with E-state index in [0.717, 1.165) is 5.69 Å². The number of rotatable bonds is 2. The lowest BCUT2D eigenvalue weighted by Crippen LogP contribution is -2.07. The van der Waals surface area contributed by atoms with Gasteiger partial charge in [0.15, 0.2) is 11.6 Å². The minimum Gasteiger partial charge on any atom is -0.294 e. The second-order valence-electron chi connectivity index (χ2n) is 4.26. The molecule has 19 heavy (non-hydrogen) atoms. The van der Waals surface area contributed by atoms with E-state index in [1.54, 1.807) is 30.4 Å². The van der Waals surface area contributed by atoms with Crippen molar-refractivity contribution in [3.05, 3.63) is 52.6 Å². The molecule has 0 radical (unpaired) electrons. The predicted molar refractivity (Wildman–Crippen MR) is 73.3 cm³/mol. The normalized spacial score (nSPS) is 19.5. The first-order valence-corrected chi connectivity index (χ1v) is 6.11. The van der Waals surface area contributed by atoms with Crippen molar-refractivity contribution in [2.45, 2.75) is 6.42 Å². The molecule has 0 spiro atoms. The Morgan fingerprint density at radius 1 is 1.16 bits per heavy atom. The molecule has 1 aromatic carbocycles. The van der Waals surface area contributed by atoms with Crippen LogP contribution in [0.2, 0.25) is 5.02 Å². The molecular weight excluding hydrogens is 264 g/mol. The molecule has 0 saturated heterocycles. The van der Waals surface area contributed by atoms with Gasteiger partial charge in [0.1, 0.15) is 0 Å². The standard InChI is InChI=1S/C14H9ClN2O2/c15-8-2-1-3-9(6-8)16-17-11-5-4-10-12(18)7-13(19)14(10)11/h1-6,16H,7H2/b17-11-. The molecule has 0 fully saturated rings. The number of allylic oxidation sites excluding steroid dienone is 4. The molecule has 3 rings (SSSR count). The van der Waals surface area contributed by atoms with Crippen LogP contribution in [0.3, 0.4) is 0 Å². The van der Waals surface area contributed by atoms with E-state index in [-0.39, 0.29) is 18.0 Å². The summed E-state index contributed by atoms with van der Waals surface area (Å²) in [6.07, 6.45) is 3.25. The van der Waals surface area contributed by atoms with Crippen molar-refractivity contribution in [3.8, 4) is 0 Å². The van der Waals surface area contributed by atoms with Crippen molar-refractivity contribution in [1.29, 1.82) is 0 Å². The van der Waals surface area contributed by atoms with Crippen molar-refractivity contribution in [2.75, 3.05) is 5.43 Å². The average Bonchev–Trinajstić information content (AvgIpc) is 2.90. The molecule has 0 atom stereocenters. The van der Waals surface area contributed by atoms with Gasteiger partial charge in [-0.3, -0.25) is 15.0 Å². The number of Topliss-reactive ketones (excluding diaryl/α,β-unsaturated/α-hetero) is 2. The Morgan fingerprint density at radius 2 is 2.00 bits per heavy atom. The number of carbonyl (C=O) groups is 2. The zero-order valence-electron chi connectivity index (χ0n) is 9.81.